The Kier molecular flexibility index (Phi) is 8.85. The van der Waals surface area contributed by atoms with E-state index in [9.17, 15) is 9.59 Å². The summed E-state index contributed by atoms with van der Waals surface area (Å²) in [6.07, 6.45) is 5.18. The number of anilines is 1. The van der Waals surface area contributed by atoms with Crippen molar-refractivity contribution in [2.45, 2.75) is 32.6 Å². The van der Waals surface area contributed by atoms with E-state index >= 15 is 0 Å². The summed E-state index contributed by atoms with van der Waals surface area (Å²) in [6.45, 7) is 2.45. The summed E-state index contributed by atoms with van der Waals surface area (Å²) in [4.78, 5) is 29.0. The third-order valence-electron chi connectivity index (χ3n) is 4.33. The molecule has 5 N–H and O–H groups in total. The normalized spacial score (nSPS) is 11.5. The maximum absolute atomic E-state index is 12.6. The molecular formula is C22H28N4O3. The molecule has 1 heterocycles. The van der Waals surface area contributed by atoms with Gasteiger partial charge in [-0.3, -0.25) is 9.59 Å². The van der Waals surface area contributed by atoms with Crippen LogP contribution >= 0.6 is 0 Å². The average molecular weight is 396 g/mol. The number of carbonyl (C=O) groups excluding carboxylic acids is 2. The van der Waals surface area contributed by atoms with E-state index in [1.165, 1.54) is 0 Å². The second-order valence-corrected chi connectivity index (χ2v) is 6.70. The number of benzene rings is 1. The van der Waals surface area contributed by atoms with Crippen LogP contribution in [-0.4, -0.2) is 35.1 Å². The minimum absolute atomic E-state index is 0.161. The van der Waals surface area contributed by atoms with Crippen molar-refractivity contribution in [2.24, 2.45) is 5.73 Å². The predicted molar refractivity (Wildman–Crippen MR) is 114 cm³/mol. The zero-order chi connectivity index (χ0) is 21.1. The number of hydrogen-bond acceptors (Lipinski definition) is 5. The van der Waals surface area contributed by atoms with E-state index in [1.807, 2.05) is 0 Å². The molecule has 0 spiro atoms. The maximum Gasteiger partial charge on any atom is 0.259 e. The smallest absolute Gasteiger partial charge is 0.259 e. The van der Waals surface area contributed by atoms with E-state index in [4.69, 9.17) is 10.8 Å². The van der Waals surface area contributed by atoms with Gasteiger partial charge in [-0.2, -0.15) is 0 Å². The highest BCUT2D eigenvalue weighted by Crippen LogP contribution is 2.19. The molecule has 0 unspecified atom stereocenters. The molecule has 2 rings (SSSR count). The Morgan fingerprint density at radius 2 is 1.69 bits per heavy atom. The van der Waals surface area contributed by atoms with Crippen molar-refractivity contribution in [3.05, 3.63) is 65.5 Å². The van der Waals surface area contributed by atoms with Gasteiger partial charge < -0.3 is 21.5 Å². The first kappa shape index (κ1) is 22.1. The monoisotopic (exact) mass is 396 g/mol. The lowest BCUT2D eigenvalue weighted by Crippen LogP contribution is -2.24. The number of nitrogens with zero attached hydrogens (tertiary/aromatic N) is 1. The summed E-state index contributed by atoms with van der Waals surface area (Å²) >= 11 is 0. The van der Waals surface area contributed by atoms with Gasteiger partial charge in [0.15, 0.2) is 0 Å². The first-order valence-corrected chi connectivity index (χ1v) is 9.71. The van der Waals surface area contributed by atoms with E-state index in [0.717, 1.165) is 25.7 Å². The highest BCUT2D eigenvalue weighted by atomic mass is 16.3. The van der Waals surface area contributed by atoms with Crippen molar-refractivity contribution >= 4 is 23.2 Å². The number of nitrogens with one attached hydrogen (secondary N) is 2. The molecule has 7 heteroatoms. The Bertz CT molecular complexity index is 829. The summed E-state index contributed by atoms with van der Waals surface area (Å²) in [6, 6.07) is 12.0. The highest BCUT2D eigenvalue weighted by Gasteiger charge is 2.16. The fourth-order valence-electron chi connectivity index (χ4n) is 2.84. The number of aliphatic hydroxyl groups is 1. The first-order valence-electron chi connectivity index (χ1n) is 9.71. The van der Waals surface area contributed by atoms with Crippen molar-refractivity contribution in [3.8, 4) is 0 Å². The van der Waals surface area contributed by atoms with Crippen LogP contribution in [0.3, 0.4) is 0 Å². The van der Waals surface area contributed by atoms with Gasteiger partial charge in [-0.15, -0.1) is 0 Å². The number of hydrogen-bond donors (Lipinski definition) is 4. The summed E-state index contributed by atoms with van der Waals surface area (Å²) < 4.78 is 0. The number of rotatable bonds is 10. The van der Waals surface area contributed by atoms with Crippen molar-refractivity contribution in [1.82, 2.24) is 10.3 Å². The van der Waals surface area contributed by atoms with E-state index in [2.05, 4.69) is 15.6 Å². The minimum atomic E-state index is -0.358. The van der Waals surface area contributed by atoms with E-state index in [-0.39, 0.29) is 18.4 Å². The molecule has 154 valence electrons. The Morgan fingerprint density at radius 1 is 1.00 bits per heavy atom. The minimum Gasteiger partial charge on any atom is -0.402 e. The Balaban J connectivity index is 1.98. The van der Waals surface area contributed by atoms with Crippen LogP contribution in [0.25, 0.3) is 5.57 Å². The molecular weight excluding hydrogens is 368 g/mol. The second-order valence-electron chi connectivity index (χ2n) is 6.70. The van der Waals surface area contributed by atoms with E-state index in [0.29, 0.717) is 34.8 Å². The zero-order valence-corrected chi connectivity index (χ0v) is 16.6. The SMILES string of the molecule is C/C(N)=C(/C(=O)Nc1ccccn1)c1ccc(C(=O)NCCCCCCO)cc1. The molecule has 1 aromatic heterocycles. The van der Waals surface area contributed by atoms with Gasteiger partial charge in [-0.1, -0.05) is 31.0 Å². The van der Waals surface area contributed by atoms with Gasteiger partial charge in [-0.25, -0.2) is 4.98 Å². The summed E-state index contributed by atoms with van der Waals surface area (Å²) in [5.41, 5.74) is 7.79. The number of unbranched alkanes of at least 4 members (excludes halogenated alkanes) is 3. The van der Waals surface area contributed by atoms with Crippen molar-refractivity contribution in [2.75, 3.05) is 18.5 Å². The number of pyridine rings is 1. The quantitative estimate of drug-likeness (QED) is 0.364. The Hall–Kier alpha value is -3.19. The molecule has 0 radical (unpaired) electrons. The lowest BCUT2D eigenvalue weighted by Gasteiger charge is -2.11. The van der Waals surface area contributed by atoms with Gasteiger partial charge in [0.2, 0.25) is 0 Å². The predicted octanol–water partition coefficient (Wildman–Crippen LogP) is 2.69. The fraction of sp³-hybridized carbons (Fsp3) is 0.318. The molecule has 0 bridgehead atoms. The van der Waals surface area contributed by atoms with Gasteiger partial charge in [-0.05, 0) is 49.6 Å². The van der Waals surface area contributed by atoms with Gasteiger partial charge in [0, 0.05) is 30.6 Å². The maximum atomic E-state index is 12.6. The van der Waals surface area contributed by atoms with Gasteiger partial charge >= 0.3 is 0 Å². The topological polar surface area (TPSA) is 117 Å². The van der Waals surface area contributed by atoms with Crippen LogP contribution in [0, 0.1) is 0 Å². The number of aromatic nitrogens is 1. The molecule has 0 saturated heterocycles. The lowest BCUT2D eigenvalue weighted by molar-refractivity contribution is -0.111. The molecule has 7 nitrogen and oxygen atoms in total. The van der Waals surface area contributed by atoms with Crippen molar-refractivity contribution in [3.63, 3.8) is 0 Å². The molecule has 2 aromatic rings. The van der Waals surface area contributed by atoms with Crippen LogP contribution in [0.1, 0.15) is 48.5 Å². The van der Waals surface area contributed by atoms with Crippen LogP contribution < -0.4 is 16.4 Å². The summed E-state index contributed by atoms with van der Waals surface area (Å²) in [5, 5.41) is 14.4. The van der Waals surface area contributed by atoms with Gasteiger partial charge in [0.05, 0.1) is 5.57 Å². The van der Waals surface area contributed by atoms with Gasteiger partial charge in [0.1, 0.15) is 5.82 Å². The average Bonchev–Trinajstić information content (AvgIpc) is 2.71. The Morgan fingerprint density at radius 3 is 2.31 bits per heavy atom. The molecule has 0 aliphatic carbocycles. The molecule has 0 atom stereocenters. The largest absolute Gasteiger partial charge is 0.402 e. The van der Waals surface area contributed by atoms with E-state index in [1.54, 1.807) is 55.6 Å². The number of allylic oxidation sites excluding steroid dienone is 1. The summed E-state index contributed by atoms with van der Waals surface area (Å²) in [5.74, 6) is -0.0818. The molecule has 2 amide bonds. The summed E-state index contributed by atoms with van der Waals surface area (Å²) in [7, 11) is 0. The van der Waals surface area contributed by atoms with Crippen LogP contribution in [-0.2, 0) is 4.79 Å². The van der Waals surface area contributed by atoms with Crippen molar-refractivity contribution < 1.29 is 14.7 Å². The Labute approximate surface area is 171 Å². The molecule has 0 saturated carbocycles. The van der Waals surface area contributed by atoms with Gasteiger partial charge in [0.25, 0.3) is 11.8 Å². The van der Waals surface area contributed by atoms with Crippen LogP contribution in [0.5, 0.6) is 0 Å². The highest BCUT2D eigenvalue weighted by molar-refractivity contribution is 6.25. The third kappa shape index (κ3) is 7.04. The first-order chi connectivity index (χ1) is 14.0. The van der Waals surface area contributed by atoms with Crippen LogP contribution in [0.4, 0.5) is 5.82 Å². The number of aliphatic hydroxyl groups excluding tert-OH is 1. The number of carbonyl (C=O) groups is 2. The number of amides is 2. The van der Waals surface area contributed by atoms with Crippen LogP contribution in [0.15, 0.2) is 54.4 Å². The van der Waals surface area contributed by atoms with Crippen molar-refractivity contribution in [1.29, 1.82) is 0 Å². The number of nitrogens with two attached hydrogens (primary N) is 1. The third-order valence-corrected chi connectivity index (χ3v) is 4.33. The standard InChI is InChI=1S/C22H28N4O3/c1-16(23)20(22(29)26-19-8-4-6-13-24-19)17-9-11-18(12-10-17)21(28)25-14-5-2-3-7-15-27/h4,6,8-13,27H,2-3,5,7,14-15,23H2,1H3,(H,25,28)(H,24,26,29)/b20-16-. The molecule has 0 fully saturated rings. The zero-order valence-electron chi connectivity index (χ0n) is 16.6. The second kappa shape index (κ2) is 11.6. The molecule has 1 aromatic carbocycles. The molecule has 0 aliphatic heterocycles. The fourth-order valence-corrected chi connectivity index (χ4v) is 2.84. The lowest BCUT2D eigenvalue weighted by atomic mass is 10.0. The van der Waals surface area contributed by atoms with E-state index < -0.39 is 0 Å². The molecule has 0 aliphatic rings. The van der Waals surface area contributed by atoms with Crippen LogP contribution in [0.2, 0.25) is 0 Å². The molecule has 29 heavy (non-hydrogen) atoms.